The maximum atomic E-state index is 9.19. The van der Waals surface area contributed by atoms with Gasteiger partial charge in [-0.1, -0.05) is 66.7 Å². The molecule has 2 heterocycles. The van der Waals surface area contributed by atoms with Gasteiger partial charge in [-0.15, -0.1) is 11.3 Å². The van der Waals surface area contributed by atoms with Crippen molar-refractivity contribution in [3.05, 3.63) is 103 Å². The van der Waals surface area contributed by atoms with Crippen LogP contribution in [0.1, 0.15) is 5.69 Å². The van der Waals surface area contributed by atoms with E-state index in [-0.39, 0.29) is 0 Å². The van der Waals surface area contributed by atoms with Gasteiger partial charge >= 0.3 is 0 Å². The van der Waals surface area contributed by atoms with Crippen molar-refractivity contribution in [2.24, 2.45) is 0 Å². The van der Waals surface area contributed by atoms with Crippen LogP contribution in [0.5, 0.6) is 0 Å². The summed E-state index contributed by atoms with van der Waals surface area (Å²) in [5, 5.41) is 14.3. The van der Waals surface area contributed by atoms with E-state index in [2.05, 4.69) is 89.9 Å². The van der Waals surface area contributed by atoms with E-state index in [0.29, 0.717) is 5.69 Å². The van der Waals surface area contributed by atoms with Gasteiger partial charge in [-0.2, -0.15) is 5.26 Å². The molecule has 6 aromatic rings. The molecule has 0 bridgehead atoms. The first-order valence-electron chi connectivity index (χ1n) is 10.1. The van der Waals surface area contributed by atoms with Gasteiger partial charge < -0.3 is 0 Å². The number of hydrogen-bond acceptors (Lipinski definition) is 3. The molecule has 0 saturated heterocycles. The molecule has 2 aromatic heterocycles. The molecule has 144 valence electrons. The lowest BCUT2D eigenvalue weighted by atomic mass is 9.95. The summed E-state index contributed by atoms with van der Waals surface area (Å²) < 4.78 is 2.54. The highest BCUT2D eigenvalue weighted by molar-refractivity contribution is 7.26. The molecule has 0 atom stereocenters. The van der Waals surface area contributed by atoms with Crippen molar-refractivity contribution in [1.29, 1.82) is 5.26 Å². The monoisotopic (exact) mass is 412 g/mol. The summed E-state index contributed by atoms with van der Waals surface area (Å²) in [7, 11) is 0. The molecule has 0 unspecified atom stereocenters. The fraction of sp³-hybridized carbons (Fsp3) is 0. The van der Waals surface area contributed by atoms with Gasteiger partial charge in [-0.25, -0.2) is 4.98 Å². The highest BCUT2D eigenvalue weighted by Gasteiger charge is 2.14. The Morgan fingerprint density at radius 3 is 2.26 bits per heavy atom. The average Bonchev–Trinajstić information content (AvgIpc) is 3.22. The second-order valence-electron chi connectivity index (χ2n) is 7.56. The second kappa shape index (κ2) is 7.05. The van der Waals surface area contributed by atoms with E-state index < -0.39 is 0 Å². The van der Waals surface area contributed by atoms with Gasteiger partial charge in [0.2, 0.25) is 0 Å². The van der Waals surface area contributed by atoms with Crippen LogP contribution in [0.25, 0.3) is 53.2 Å². The van der Waals surface area contributed by atoms with Crippen LogP contribution in [0.3, 0.4) is 0 Å². The third-order valence-corrected chi connectivity index (χ3v) is 6.87. The van der Waals surface area contributed by atoms with Crippen molar-refractivity contribution in [1.82, 2.24) is 4.98 Å². The van der Waals surface area contributed by atoms with E-state index in [9.17, 15) is 5.26 Å². The number of aromatic nitrogens is 1. The minimum Gasteiger partial charge on any atom is -0.246 e. The summed E-state index contributed by atoms with van der Waals surface area (Å²) in [5.74, 6) is 0. The smallest absolute Gasteiger partial charge is 0.141 e. The predicted octanol–water partition coefficient (Wildman–Crippen LogP) is 7.81. The number of benzene rings is 4. The molecule has 2 nitrogen and oxygen atoms in total. The normalized spacial score (nSPS) is 11.2. The lowest BCUT2D eigenvalue weighted by Crippen LogP contribution is -1.84. The van der Waals surface area contributed by atoms with E-state index in [0.717, 1.165) is 11.1 Å². The molecule has 4 aromatic carbocycles. The Morgan fingerprint density at radius 1 is 0.645 bits per heavy atom. The summed E-state index contributed by atoms with van der Waals surface area (Å²) in [6.45, 7) is 0. The second-order valence-corrected chi connectivity index (χ2v) is 8.65. The molecular weight excluding hydrogens is 396 g/mol. The van der Waals surface area contributed by atoms with E-state index >= 15 is 0 Å². The van der Waals surface area contributed by atoms with Crippen LogP contribution < -0.4 is 0 Å². The molecule has 31 heavy (non-hydrogen) atoms. The number of rotatable bonds is 2. The number of nitriles is 1. The first-order chi connectivity index (χ1) is 15.3. The molecule has 0 spiro atoms. The van der Waals surface area contributed by atoms with E-state index in [4.69, 9.17) is 0 Å². The van der Waals surface area contributed by atoms with Crippen molar-refractivity contribution < 1.29 is 0 Å². The maximum absolute atomic E-state index is 9.19. The quantitative estimate of drug-likeness (QED) is 0.291. The highest BCUT2D eigenvalue weighted by Crippen LogP contribution is 2.43. The zero-order valence-corrected chi connectivity index (χ0v) is 17.4. The maximum Gasteiger partial charge on any atom is 0.141 e. The largest absolute Gasteiger partial charge is 0.246 e. The summed E-state index contributed by atoms with van der Waals surface area (Å²) in [6.07, 6.45) is 1.70. The number of nitrogens with zero attached hydrogens (tertiary/aromatic N) is 2. The number of thiophene rings is 1. The summed E-state index contributed by atoms with van der Waals surface area (Å²) >= 11 is 1.82. The molecule has 6 rings (SSSR count). The average molecular weight is 413 g/mol. The van der Waals surface area contributed by atoms with Crippen LogP contribution in [-0.4, -0.2) is 4.98 Å². The molecule has 0 amide bonds. The summed E-state index contributed by atoms with van der Waals surface area (Å²) in [4.78, 5) is 4.09. The lowest BCUT2D eigenvalue weighted by molar-refractivity contribution is 1.27. The molecule has 0 aliphatic heterocycles. The summed E-state index contributed by atoms with van der Waals surface area (Å²) in [5.41, 5.74) is 5.06. The minimum absolute atomic E-state index is 0.437. The van der Waals surface area contributed by atoms with Crippen molar-refractivity contribution >= 4 is 42.3 Å². The number of hydrogen-bond donors (Lipinski definition) is 0. The molecule has 3 heteroatoms. The van der Waals surface area contributed by atoms with Crippen molar-refractivity contribution in [2.75, 3.05) is 0 Å². The number of fused-ring (bicyclic) bond motifs is 5. The van der Waals surface area contributed by atoms with Gasteiger partial charge in [0.25, 0.3) is 0 Å². The van der Waals surface area contributed by atoms with Crippen molar-refractivity contribution in [3.63, 3.8) is 0 Å². The molecule has 0 N–H and O–H groups in total. The fourth-order valence-electron chi connectivity index (χ4n) is 4.35. The van der Waals surface area contributed by atoms with Crippen LogP contribution in [0, 0.1) is 11.3 Å². The van der Waals surface area contributed by atoms with Crippen LogP contribution in [0.15, 0.2) is 97.2 Å². The third-order valence-electron chi connectivity index (χ3n) is 5.77. The molecular formula is C28H16N2S. The first kappa shape index (κ1) is 17.8. The Hall–Kier alpha value is -4.00. The van der Waals surface area contributed by atoms with Crippen molar-refractivity contribution in [3.8, 4) is 28.3 Å². The zero-order valence-electron chi connectivity index (χ0n) is 16.5. The standard InChI is InChI=1S/C28H16N2S/c29-17-21-14-20(12-13-30-21)19-10-11-24-26(15-19)31-27-16-25(18-6-2-1-3-7-18)22-8-4-5-9-23(22)28(24)27/h1-16H. The number of pyridine rings is 1. The van der Waals surface area contributed by atoms with Crippen LogP contribution in [0.4, 0.5) is 0 Å². The Labute approximate surface area is 183 Å². The minimum atomic E-state index is 0.437. The van der Waals surface area contributed by atoms with Crippen LogP contribution in [-0.2, 0) is 0 Å². The van der Waals surface area contributed by atoms with E-state index in [1.165, 1.54) is 42.1 Å². The van der Waals surface area contributed by atoms with Crippen LogP contribution in [0.2, 0.25) is 0 Å². The van der Waals surface area contributed by atoms with Gasteiger partial charge in [0.15, 0.2) is 0 Å². The SMILES string of the molecule is N#Cc1cc(-c2ccc3c(c2)sc2cc(-c4ccccc4)c4ccccc4c23)ccn1. The third kappa shape index (κ3) is 2.89. The zero-order chi connectivity index (χ0) is 20.8. The van der Waals surface area contributed by atoms with Crippen LogP contribution >= 0.6 is 11.3 Å². The topological polar surface area (TPSA) is 36.7 Å². The molecule has 0 aliphatic rings. The van der Waals surface area contributed by atoms with Gasteiger partial charge in [0.1, 0.15) is 11.8 Å². The van der Waals surface area contributed by atoms with Gasteiger partial charge in [-0.3, -0.25) is 0 Å². The summed E-state index contributed by atoms with van der Waals surface area (Å²) in [6, 6.07) is 34.1. The molecule has 0 radical (unpaired) electrons. The van der Waals surface area contributed by atoms with Crippen molar-refractivity contribution in [2.45, 2.75) is 0 Å². The Balaban J connectivity index is 1.64. The van der Waals surface area contributed by atoms with E-state index in [1.807, 2.05) is 23.5 Å². The first-order valence-corrected chi connectivity index (χ1v) is 10.9. The molecule has 0 fully saturated rings. The lowest BCUT2D eigenvalue weighted by Gasteiger charge is -2.09. The fourth-order valence-corrected chi connectivity index (χ4v) is 5.55. The van der Waals surface area contributed by atoms with Gasteiger partial charge in [0, 0.05) is 26.4 Å². The Kier molecular flexibility index (Phi) is 4.06. The Bertz CT molecular complexity index is 1640. The Morgan fingerprint density at radius 2 is 1.42 bits per heavy atom. The van der Waals surface area contributed by atoms with E-state index in [1.54, 1.807) is 6.20 Å². The van der Waals surface area contributed by atoms with Gasteiger partial charge in [0.05, 0.1) is 0 Å². The highest BCUT2D eigenvalue weighted by atomic mass is 32.1. The molecule has 0 saturated carbocycles. The predicted molar refractivity (Wildman–Crippen MR) is 130 cm³/mol. The molecule has 0 aliphatic carbocycles. The van der Waals surface area contributed by atoms with Gasteiger partial charge in [-0.05, 0) is 57.3 Å².